The maximum atomic E-state index is 12.0. The largest absolute Gasteiger partial charge is 0.378 e. The first-order chi connectivity index (χ1) is 10.1. The van der Waals surface area contributed by atoms with E-state index in [1.807, 2.05) is 12.1 Å². The van der Waals surface area contributed by atoms with E-state index in [0.717, 1.165) is 63.6 Å². The van der Waals surface area contributed by atoms with E-state index in [9.17, 15) is 8.42 Å². The molecule has 5 nitrogen and oxygen atoms in total. The van der Waals surface area contributed by atoms with E-state index in [4.69, 9.17) is 4.74 Å². The number of ether oxygens (including phenoxy) is 1. The van der Waals surface area contributed by atoms with Crippen LogP contribution in [0.1, 0.15) is 12.8 Å². The topological polar surface area (TPSA) is 49.9 Å². The molecule has 0 bridgehead atoms. The fourth-order valence-electron chi connectivity index (χ4n) is 3.04. The molecule has 0 aromatic heterocycles. The van der Waals surface area contributed by atoms with Crippen molar-refractivity contribution in [2.24, 2.45) is 0 Å². The second-order valence-electron chi connectivity index (χ2n) is 5.72. The molecule has 0 aliphatic carbocycles. The number of sulfone groups is 1. The van der Waals surface area contributed by atoms with Gasteiger partial charge in [0.1, 0.15) is 0 Å². The Morgan fingerprint density at radius 1 is 1.00 bits per heavy atom. The van der Waals surface area contributed by atoms with Gasteiger partial charge in [0.05, 0.1) is 23.8 Å². The van der Waals surface area contributed by atoms with Gasteiger partial charge in [-0.3, -0.25) is 0 Å². The lowest BCUT2D eigenvalue weighted by atomic mass is 10.2. The van der Waals surface area contributed by atoms with Crippen LogP contribution in [0.3, 0.4) is 0 Å². The lowest BCUT2D eigenvalue weighted by molar-refractivity contribution is 0.122. The van der Waals surface area contributed by atoms with E-state index in [-0.39, 0.29) is 0 Å². The average Bonchev–Trinajstić information content (AvgIpc) is 3.01. The standard InChI is InChI=1S/C15H22N2O3S/c1-21(18,19)15-5-4-13(16-8-10-20-11-9-16)12-14(15)17-6-2-3-7-17/h4-5,12H,2-3,6-11H2,1H3. The van der Waals surface area contributed by atoms with E-state index in [1.165, 1.54) is 6.26 Å². The van der Waals surface area contributed by atoms with Crippen molar-refractivity contribution in [3.8, 4) is 0 Å². The van der Waals surface area contributed by atoms with E-state index >= 15 is 0 Å². The fraction of sp³-hybridized carbons (Fsp3) is 0.600. The van der Waals surface area contributed by atoms with Gasteiger partial charge in [-0.15, -0.1) is 0 Å². The molecule has 2 fully saturated rings. The fourth-order valence-corrected chi connectivity index (χ4v) is 3.93. The summed E-state index contributed by atoms with van der Waals surface area (Å²) in [7, 11) is -3.20. The maximum absolute atomic E-state index is 12.0. The summed E-state index contributed by atoms with van der Waals surface area (Å²) in [4.78, 5) is 4.90. The monoisotopic (exact) mass is 310 g/mol. The highest BCUT2D eigenvalue weighted by molar-refractivity contribution is 7.90. The molecule has 0 N–H and O–H groups in total. The Bertz CT molecular complexity index is 603. The molecule has 0 saturated carbocycles. The van der Waals surface area contributed by atoms with Crippen molar-refractivity contribution in [3.05, 3.63) is 18.2 Å². The number of benzene rings is 1. The van der Waals surface area contributed by atoms with Gasteiger partial charge in [-0.25, -0.2) is 8.42 Å². The quantitative estimate of drug-likeness (QED) is 0.847. The van der Waals surface area contributed by atoms with Crippen LogP contribution in [0.5, 0.6) is 0 Å². The first kappa shape index (κ1) is 14.7. The molecule has 0 atom stereocenters. The number of hydrogen-bond donors (Lipinski definition) is 0. The molecular weight excluding hydrogens is 288 g/mol. The van der Waals surface area contributed by atoms with Gasteiger partial charge in [0, 0.05) is 38.1 Å². The van der Waals surface area contributed by atoms with Crippen LogP contribution in [-0.4, -0.2) is 54.1 Å². The Morgan fingerprint density at radius 2 is 1.67 bits per heavy atom. The second kappa shape index (κ2) is 5.85. The van der Waals surface area contributed by atoms with Gasteiger partial charge in [-0.1, -0.05) is 0 Å². The van der Waals surface area contributed by atoms with Crippen molar-refractivity contribution in [2.75, 3.05) is 55.4 Å². The molecule has 3 rings (SSSR count). The van der Waals surface area contributed by atoms with Crippen LogP contribution in [0.2, 0.25) is 0 Å². The van der Waals surface area contributed by atoms with Crippen molar-refractivity contribution in [1.29, 1.82) is 0 Å². The first-order valence-electron chi connectivity index (χ1n) is 7.47. The summed E-state index contributed by atoms with van der Waals surface area (Å²) in [6.07, 6.45) is 3.55. The number of morpholine rings is 1. The third-order valence-corrected chi connectivity index (χ3v) is 5.31. The summed E-state index contributed by atoms with van der Waals surface area (Å²) in [6.45, 7) is 5.05. The van der Waals surface area contributed by atoms with Crippen molar-refractivity contribution in [2.45, 2.75) is 17.7 Å². The van der Waals surface area contributed by atoms with Crippen LogP contribution < -0.4 is 9.80 Å². The molecule has 2 saturated heterocycles. The van der Waals surface area contributed by atoms with Crippen LogP contribution in [0.25, 0.3) is 0 Å². The minimum absolute atomic E-state index is 0.446. The second-order valence-corrected chi connectivity index (χ2v) is 7.70. The van der Waals surface area contributed by atoms with Crippen molar-refractivity contribution in [1.82, 2.24) is 0 Å². The average molecular weight is 310 g/mol. The summed E-state index contributed by atoms with van der Waals surface area (Å²) in [5, 5.41) is 0. The summed E-state index contributed by atoms with van der Waals surface area (Å²) in [6, 6.07) is 5.71. The van der Waals surface area contributed by atoms with Gasteiger partial charge < -0.3 is 14.5 Å². The van der Waals surface area contributed by atoms with Gasteiger partial charge in [-0.05, 0) is 31.0 Å². The van der Waals surface area contributed by atoms with Gasteiger partial charge in [-0.2, -0.15) is 0 Å². The van der Waals surface area contributed by atoms with Crippen LogP contribution in [0.4, 0.5) is 11.4 Å². The zero-order valence-corrected chi connectivity index (χ0v) is 13.2. The highest BCUT2D eigenvalue weighted by Crippen LogP contribution is 2.32. The lowest BCUT2D eigenvalue weighted by Gasteiger charge is -2.30. The van der Waals surface area contributed by atoms with E-state index in [2.05, 4.69) is 9.80 Å². The first-order valence-corrected chi connectivity index (χ1v) is 9.36. The molecule has 0 amide bonds. The Morgan fingerprint density at radius 3 is 2.29 bits per heavy atom. The smallest absolute Gasteiger partial charge is 0.177 e. The molecule has 1 aromatic rings. The Hall–Kier alpha value is -1.27. The third-order valence-electron chi connectivity index (χ3n) is 4.16. The maximum Gasteiger partial charge on any atom is 0.177 e. The molecule has 2 aliphatic rings. The predicted octanol–water partition coefficient (Wildman–Crippen LogP) is 1.53. The molecular formula is C15H22N2O3S. The molecule has 0 spiro atoms. The zero-order chi connectivity index (χ0) is 14.9. The molecule has 0 radical (unpaired) electrons. The molecule has 6 heteroatoms. The number of rotatable bonds is 3. The summed E-state index contributed by atoms with van der Waals surface area (Å²) >= 11 is 0. The van der Waals surface area contributed by atoms with Crippen LogP contribution in [0, 0.1) is 0 Å². The predicted molar refractivity (Wildman–Crippen MR) is 84.0 cm³/mol. The van der Waals surface area contributed by atoms with Crippen LogP contribution in [0.15, 0.2) is 23.1 Å². The molecule has 116 valence electrons. The van der Waals surface area contributed by atoms with Crippen molar-refractivity contribution >= 4 is 21.2 Å². The molecule has 0 unspecified atom stereocenters. The van der Waals surface area contributed by atoms with Gasteiger partial charge in [0.25, 0.3) is 0 Å². The molecule has 21 heavy (non-hydrogen) atoms. The Balaban J connectivity index is 1.99. The highest BCUT2D eigenvalue weighted by atomic mass is 32.2. The SMILES string of the molecule is CS(=O)(=O)c1ccc(N2CCOCC2)cc1N1CCCC1. The van der Waals surface area contributed by atoms with Gasteiger partial charge in [0.2, 0.25) is 0 Å². The normalized spacial score (nSPS) is 20.0. The van der Waals surface area contributed by atoms with Crippen LogP contribution >= 0.6 is 0 Å². The number of anilines is 2. The highest BCUT2D eigenvalue weighted by Gasteiger charge is 2.22. The lowest BCUT2D eigenvalue weighted by Crippen LogP contribution is -2.36. The van der Waals surface area contributed by atoms with E-state index < -0.39 is 9.84 Å². The molecule has 1 aromatic carbocycles. The molecule has 2 aliphatic heterocycles. The molecule has 2 heterocycles. The zero-order valence-electron chi connectivity index (χ0n) is 12.4. The summed E-state index contributed by atoms with van der Waals surface area (Å²) < 4.78 is 29.5. The van der Waals surface area contributed by atoms with Crippen LogP contribution in [-0.2, 0) is 14.6 Å². The summed E-state index contributed by atoms with van der Waals surface area (Å²) in [5.74, 6) is 0. The number of nitrogens with zero attached hydrogens (tertiary/aromatic N) is 2. The minimum Gasteiger partial charge on any atom is -0.378 e. The van der Waals surface area contributed by atoms with E-state index in [0.29, 0.717) is 4.90 Å². The third kappa shape index (κ3) is 3.16. The van der Waals surface area contributed by atoms with Crippen molar-refractivity contribution < 1.29 is 13.2 Å². The number of hydrogen-bond acceptors (Lipinski definition) is 5. The van der Waals surface area contributed by atoms with E-state index in [1.54, 1.807) is 6.07 Å². The van der Waals surface area contributed by atoms with Gasteiger partial charge in [0.15, 0.2) is 9.84 Å². The minimum atomic E-state index is -3.20. The van der Waals surface area contributed by atoms with Crippen molar-refractivity contribution in [3.63, 3.8) is 0 Å². The summed E-state index contributed by atoms with van der Waals surface area (Å²) in [5.41, 5.74) is 1.95. The van der Waals surface area contributed by atoms with Gasteiger partial charge >= 0.3 is 0 Å². The Kier molecular flexibility index (Phi) is 4.08. The Labute approximate surface area is 126 Å².